The summed E-state index contributed by atoms with van der Waals surface area (Å²) in [5.74, 6) is 4.04. The molecule has 0 bridgehead atoms. The summed E-state index contributed by atoms with van der Waals surface area (Å²) in [6, 6.07) is 0. The highest BCUT2D eigenvalue weighted by atomic mass is 31.2. The van der Waals surface area contributed by atoms with Crippen molar-refractivity contribution in [1.82, 2.24) is 0 Å². The molecule has 3 unspecified atom stereocenters. The van der Waals surface area contributed by atoms with Crippen molar-refractivity contribution in [2.24, 2.45) is 23.5 Å². The zero-order chi connectivity index (χ0) is 30.7. The Bertz CT molecular complexity index is 946. The van der Waals surface area contributed by atoms with Gasteiger partial charge in [-0.25, -0.2) is 4.57 Å². The summed E-state index contributed by atoms with van der Waals surface area (Å²) >= 11 is 0. The van der Waals surface area contributed by atoms with Gasteiger partial charge in [-0.3, -0.25) is 4.52 Å². The van der Waals surface area contributed by atoms with Crippen LogP contribution in [0.15, 0.2) is 0 Å². The molecule has 1 aromatic carbocycles. The van der Waals surface area contributed by atoms with Gasteiger partial charge in [-0.15, -0.1) is 0 Å². The summed E-state index contributed by atoms with van der Waals surface area (Å²) < 4.78 is 20.6. The molecule has 1 aliphatic rings. The minimum Gasteiger partial charge on any atom is -0.507 e. The van der Waals surface area contributed by atoms with Crippen molar-refractivity contribution in [2.75, 3.05) is 0 Å². The Morgan fingerprint density at radius 3 is 1.93 bits per heavy atom. The smallest absolute Gasteiger partial charge is 0.471 e. The molecule has 1 aliphatic heterocycles. The fourth-order valence-electron chi connectivity index (χ4n) is 5.52. The Morgan fingerprint density at radius 1 is 0.925 bits per heavy atom. The van der Waals surface area contributed by atoms with E-state index < -0.39 is 14.1 Å². The molecule has 40 heavy (non-hydrogen) atoms. The molecule has 2 rings (SSSR count). The number of aromatic hydroxyl groups is 1. The van der Waals surface area contributed by atoms with E-state index in [1.165, 1.54) is 56.9 Å². The van der Waals surface area contributed by atoms with Gasteiger partial charge in [-0.1, -0.05) is 79.6 Å². The number of ether oxygens (including phenoxy) is 1. The van der Waals surface area contributed by atoms with Crippen LogP contribution in [-0.4, -0.2) is 26.7 Å². The van der Waals surface area contributed by atoms with Crippen LogP contribution in [0.4, 0.5) is 0 Å². The third-order valence-electron chi connectivity index (χ3n) is 8.54. The fraction of sp³-hybridized carbons (Fsp3) is 0.812. The molecule has 0 saturated carbocycles. The first-order valence-electron chi connectivity index (χ1n) is 15.5. The van der Waals surface area contributed by atoms with Gasteiger partial charge in [0, 0.05) is 5.56 Å². The molecule has 0 spiro atoms. The lowest BCUT2D eigenvalue weighted by Crippen LogP contribution is -2.37. The molecule has 0 saturated heterocycles. The molecule has 0 amide bonds. The first-order chi connectivity index (χ1) is 18.5. The van der Waals surface area contributed by atoms with Crippen LogP contribution in [0.3, 0.4) is 0 Å². The maximum Gasteiger partial charge on any atom is 0.471 e. The summed E-state index contributed by atoms with van der Waals surface area (Å²) in [5.41, 5.74) is 9.27. The van der Waals surface area contributed by atoms with E-state index in [9.17, 15) is 9.67 Å². The number of hydrogen-bond donors (Lipinski definition) is 4. The van der Waals surface area contributed by atoms with E-state index >= 15 is 0 Å². The second-order valence-corrected chi connectivity index (χ2v) is 14.2. The average Bonchev–Trinajstić information content (AvgIpc) is 2.85. The number of phenols is 1. The van der Waals surface area contributed by atoms with Crippen molar-refractivity contribution in [3.8, 4) is 11.5 Å². The van der Waals surface area contributed by atoms with Gasteiger partial charge in [0.15, 0.2) is 0 Å². The third kappa shape index (κ3) is 13.2. The summed E-state index contributed by atoms with van der Waals surface area (Å²) in [7, 11) is -4.36. The van der Waals surface area contributed by atoms with Crippen LogP contribution < -0.4 is 10.5 Å². The minimum absolute atomic E-state index is 0.0712. The lowest BCUT2D eigenvalue weighted by molar-refractivity contribution is 0.0511. The van der Waals surface area contributed by atoms with Crippen LogP contribution >= 0.6 is 7.82 Å². The van der Waals surface area contributed by atoms with Crippen molar-refractivity contribution in [2.45, 2.75) is 151 Å². The number of benzene rings is 1. The normalized spacial score (nSPS) is 19.3. The van der Waals surface area contributed by atoms with Gasteiger partial charge in [0.25, 0.3) is 0 Å². The van der Waals surface area contributed by atoms with E-state index in [1.807, 2.05) is 13.8 Å². The van der Waals surface area contributed by atoms with Crippen molar-refractivity contribution in [3.05, 3.63) is 22.3 Å². The number of nitrogens with two attached hydrogens (primary N) is 1. The fourth-order valence-corrected chi connectivity index (χ4v) is 6.03. The number of phenolic OH excluding ortho intramolecular Hbond substituents is 1. The molecule has 1 heterocycles. The van der Waals surface area contributed by atoms with Crippen LogP contribution in [0.1, 0.15) is 134 Å². The lowest BCUT2D eigenvalue weighted by Gasteiger charge is -2.38. The maximum atomic E-state index is 10.4. The molecule has 0 aromatic heterocycles. The van der Waals surface area contributed by atoms with Gasteiger partial charge in [-0.05, 0) is 94.2 Å². The van der Waals surface area contributed by atoms with E-state index in [1.54, 1.807) is 6.92 Å². The third-order valence-corrected chi connectivity index (χ3v) is 9.09. The predicted molar refractivity (Wildman–Crippen MR) is 166 cm³/mol. The Hall–Kier alpha value is -1.11. The van der Waals surface area contributed by atoms with Gasteiger partial charge in [-0.2, -0.15) is 0 Å². The van der Waals surface area contributed by atoms with Gasteiger partial charge < -0.3 is 25.4 Å². The monoisotopic (exact) mass is 585 g/mol. The number of phosphoric ester groups is 1. The van der Waals surface area contributed by atoms with E-state index in [0.717, 1.165) is 59.5 Å². The van der Waals surface area contributed by atoms with Crippen molar-refractivity contribution >= 4 is 7.82 Å². The lowest BCUT2D eigenvalue weighted by atomic mass is 9.84. The second kappa shape index (κ2) is 17.1. The SMILES string of the molecule is CCC(N)OP(=O)(O)O.Cc1c(C)c2c(c(C)c1O)CC[C@@](C)(CCCC(C)CCCC(C)CCCC(C)C)O2. The number of rotatable bonds is 15. The van der Waals surface area contributed by atoms with E-state index in [0.29, 0.717) is 12.2 Å². The summed E-state index contributed by atoms with van der Waals surface area (Å²) in [6.07, 6.45) is 13.6. The quantitative estimate of drug-likeness (QED) is 0.120. The molecule has 0 radical (unpaired) electrons. The van der Waals surface area contributed by atoms with Crippen molar-refractivity contribution < 1.29 is 28.7 Å². The highest BCUT2D eigenvalue weighted by Crippen LogP contribution is 2.44. The molecular weight excluding hydrogens is 525 g/mol. The molecule has 5 N–H and O–H groups in total. The Morgan fingerprint density at radius 2 is 1.45 bits per heavy atom. The van der Waals surface area contributed by atoms with Crippen LogP contribution in [0, 0.1) is 38.5 Å². The van der Waals surface area contributed by atoms with E-state index in [4.69, 9.17) is 20.3 Å². The van der Waals surface area contributed by atoms with Crippen LogP contribution in [-0.2, 0) is 15.5 Å². The zero-order valence-corrected chi connectivity index (χ0v) is 27.8. The number of phosphoric acid groups is 1. The Kier molecular flexibility index (Phi) is 15.8. The first kappa shape index (κ1) is 36.9. The van der Waals surface area contributed by atoms with Gasteiger partial charge in [0.1, 0.15) is 23.3 Å². The van der Waals surface area contributed by atoms with E-state index in [2.05, 4.69) is 46.1 Å². The van der Waals surface area contributed by atoms with Crippen LogP contribution in [0.2, 0.25) is 0 Å². The van der Waals surface area contributed by atoms with Crippen LogP contribution in [0.25, 0.3) is 0 Å². The molecule has 234 valence electrons. The molecular formula is C32H60NO6P. The second-order valence-electron chi connectivity index (χ2n) is 13.0. The first-order valence-corrected chi connectivity index (χ1v) is 17.0. The Labute approximate surface area is 244 Å². The summed E-state index contributed by atoms with van der Waals surface area (Å²) in [6.45, 7) is 19.6. The topological polar surface area (TPSA) is 122 Å². The standard InChI is InChI=1S/C29H50O2.C3H10NO4P/c1-20(2)12-9-13-21(3)14-10-15-22(4)16-11-18-29(8)19-17-26-25(7)27(30)23(5)24(6)28(26)31-29;1-2-3(4)8-9(5,6)7/h20-22,30H,9-19H2,1-8H3;3H,2,4H2,1H3,(H2,5,6,7)/t21?,22?,29-;/m1./s1. The predicted octanol–water partition coefficient (Wildman–Crippen LogP) is 8.63. The zero-order valence-electron chi connectivity index (χ0n) is 26.9. The van der Waals surface area contributed by atoms with Gasteiger partial charge in [0.2, 0.25) is 0 Å². The van der Waals surface area contributed by atoms with Crippen LogP contribution in [0.5, 0.6) is 11.5 Å². The molecule has 0 fully saturated rings. The van der Waals surface area contributed by atoms with Gasteiger partial charge in [0.05, 0.1) is 0 Å². The van der Waals surface area contributed by atoms with Gasteiger partial charge >= 0.3 is 7.82 Å². The van der Waals surface area contributed by atoms with Crippen molar-refractivity contribution in [1.29, 1.82) is 0 Å². The molecule has 4 atom stereocenters. The summed E-state index contributed by atoms with van der Waals surface area (Å²) in [5, 5.41) is 10.4. The van der Waals surface area contributed by atoms with E-state index in [-0.39, 0.29) is 5.60 Å². The maximum absolute atomic E-state index is 10.4. The number of hydrogen-bond acceptors (Lipinski definition) is 5. The number of fused-ring (bicyclic) bond motifs is 1. The molecule has 8 heteroatoms. The highest BCUT2D eigenvalue weighted by Gasteiger charge is 2.34. The van der Waals surface area contributed by atoms with Crippen molar-refractivity contribution in [3.63, 3.8) is 0 Å². The Balaban J connectivity index is 0.000000763. The highest BCUT2D eigenvalue weighted by molar-refractivity contribution is 7.46. The largest absolute Gasteiger partial charge is 0.507 e. The molecule has 0 aliphatic carbocycles. The molecule has 7 nitrogen and oxygen atoms in total. The average molecular weight is 586 g/mol. The summed E-state index contributed by atoms with van der Waals surface area (Å²) in [4.78, 5) is 16.3. The molecule has 1 aromatic rings. The minimum atomic E-state index is -4.36.